The summed E-state index contributed by atoms with van der Waals surface area (Å²) >= 11 is 0. The molecule has 0 radical (unpaired) electrons. The summed E-state index contributed by atoms with van der Waals surface area (Å²) in [5.41, 5.74) is 0.901. The number of nitrogens with one attached hydrogen (secondary N) is 1. The van der Waals surface area contributed by atoms with E-state index in [0.717, 1.165) is 18.5 Å². The molecule has 0 unspecified atom stereocenters. The summed E-state index contributed by atoms with van der Waals surface area (Å²) in [6.45, 7) is 4.41. The Kier molecular flexibility index (Phi) is 7.84. The van der Waals surface area contributed by atoms with Crippen LogP contribution in [-0.2, 0) is 14.8 Å². The van der Waals surface area contributed by atoms with Gasteiger partial charge in [-0.05, 0) is 37.1 Å². The zero-order valence-electron chi connectivity index (χ0n) is 15.3. The van der Waals surface area contributed by atoms with Crippen LogP contribution in [0, 0.1) is 5.82 Å². The van der Waals surface area contributed by atoms with Gasteiger partial charge in [-0.15, -0.1) is 0 Å². The normalized spacial score (nSPS) is 15.8. The van der Waals surface area contributed by atoms with Crippen LogP contribution in [0.1, 0.15) is 32.6 Å². The highest BCUT2D eigenvalue weighted by atomic mass is 32.2. The lowest BCUT2D eigenvalue weighted by molar-refractivity contribution is -0.121. The van der Waals surface area contributed by atoms with Gasteiger partial charge in [0.1, 0.15) is 5.82 Å². The summed E-state index contributed by atoms with van der Waals surface area (Å²) < 4.78 is 39.4. The molecule has 6 nitrogen and oxygen atoms in total. The molecule has 0 bridgehead atoms. The summed E-state index contributed by atoms with van der Waals surface area (Å²) in [5, 5.41) is 2.77. The number of benzene rings is 1. The van der Waals surface area contributed by atoms with Crippen LogP contribution < -0.4 is 10.2 Å². The fourth-order valence-corrected chi connectivity index (χ4v) is 4.40. The van der Waals surface area contributed by atoms with Crippen molar-refractivity contribution in [2.24, 2.45) is 0 Å². The SMILES string of the molecule is CCCCC(=O)NCCCS(=O)(=O)N1CCN(c2ccc(F)cc2)CC1. The number of piperazine rings is 1. The second-order valence-corrected chi connectivity index (χ2v) is 8.57. The van der Waals surface area contributed by atoms with E-state index in [1.807, 2.05) is 6.92 Å². The second kappa shape index (κ2) is 9.87. The van der Waals surface area contributed by atoms with E-state index in [-0.39, 0.29) is 17.5 Å². The summed E-state index contributed by atoms with van der Waals surface area (Å²) in [4.78, 5) is 13.6. The van der Waals surface area contributed by atoms with Gasteiger partial charge >= 0.3 is 0 Å². The van der Waals surface area contributed by atoms with Crippen molar-refractivity contribution in [1.82, 2.24) is 9.62 Å². The Balaban J connectivity index is 1.73. The number of amides is 1. The number of hydrogen-bond acceptors (Lipinski definition) is 4. The van der Waals surface area contributed by atoms with Gasteiger partial charge in [0.05, 0.1) is 5.75 Å². The van der Waals surface area contributed by atoms with Crippen molar-refractivity contribution < 1.29 is 17.6 Å². The van der Waals surface area contributed by atoms with Crippen LogP contribution in [0.2, 0.25) is 0 Å². The Morgan fingerprint density at radius 1 is 1.12 bits per heavy atom. The third-order valence-corrected chi connectivity index (χ3v) is 6.44. The number of carbonyl (C=O) groups excluding carboxylic acids is 1. The summed E-state index contributed by atoms with van der Waals surface area (Å²) in [6, 6.07) is 6.24. The molecule has 0 spiro atoms. The Labute approximate surface area is 155 Å². The third-order valence-electron chi connectivity index (χ3n) is 4.48. The van der Waals surface area contributed by atoms with E-state index >= 15 is 0 Å². The summed E-state index contributed by atoms with van der Waals surface area (Å²) in [7, 11) is -3.32. The lowest BCUT2D eigenvalue weighted by Gasteiger charge is -2.35. The predicted molar refractivity (Wildman–Crippen MR) is 101 cm³/mol. The minimum atomic E-state index is -3.32. The minimum Gasteiger partial charge on any atom is -0.369 e. The van der Waals surface area contributed by atoms with Crippen LogP contribution in [0.3, 0.4) is 0 Å². The monoisotopic (exact) mass is 385 g/mol. The van der Waals surface area contributed by atoms with Gasteiger partial charge in [-0.3, -0.25) is 4.79 Å². The van der Waals surface area contributed by atoms with Crippen molar-refractivity contribution in [3.63, 3.8) is 0 Å². The maximum absolute atomic E-state index is 13.0. The van der Waals surface area contributed by atoms with Crippen molar-refractivity contribution in [3.05, 3.63) is 30.1 Å². The highest BCUT2D eigenvalue weighted by molar-refractivity contribution is 7.89. The van der Waals surface area contributed by atoms with Crippen molar-refractivity contribution in [1.29, 1.82) is 0 Å². The predicted octanol–water partition coefficient (Wildman–Crippen LogP) is 1.97. The molecule has 1 N–H and O–H groups in total. The van der Waals surface area contributed by atoms with Gasteiger partial charge in [-0.2, -0.15) is 4.31 Å². The Bertz CT molecular complexity index is 671. The Hall–Kier alpha value is -1.67. The van der Waals surface area contributed by atoms with Gasteiger partial charge in [0.2, 0.25) is 15.9 Å². The van der Waals surface area contributed by atoms with E-state index in [9.17, 15) is 17.6 Å². The zero-order chi connectivity index (χ0) is 19.0. The molecule has 0 atom stereocenters. The van der Waals surface area contributed by atoms with Gasteiger partial charge in [0.25, 0.3) is 0 Å². The third kappa shape index (κ3) is 6.25. The van der Waals surface area contributed by atoms with Gasteiger partial charge in [0.15, 0.2) is 0 Å². The van der Waals surface area contributed by atoms with Gasteiger partial charge in [-0.1, -0.05) is 13.3 Å². The number of rotatable bonds is 9. The Morgan fingerprint density at radius 2 is 1.77 bits per heavy atom. The lowest BCUT2D eigenvalue weighted by atomic mass is 10.2. The standard InChI is InChI=1S/C18H28FN3O3S/c1-2-3-5-18(23)20-10-4-15-26(24,25)22-13-11-21(12-14-22)17-8-6-16(19)7-9-17/h6-9H,2-5,10-15H2,1H3,(H,20,23). The molecule has 0 aromatic heterocycles. The molecular formula is C18H28FN3O3S. The van der Waals surface area contributed by atoms with E-state index in [4.69, 9.17) is 0 Å². The first-order valence-corrected chi connectivity index (χ1v) is 10.8. The fourth-order valence-electron chi connectivity index (χ4n) is 2.91. The number of carbonyl (C=O) groups is 1. The lowest BCUT2D eigenvalue weighted by Crippen LogP contribution is -2.49. The zero-order valence-corrected chi connectivity index (χ0v) is 16.1. The Morgan fingerprint density at radius 3 is 2.38 bits per heavy atom. The van der Waals surface area contributed by atoms with E-state index in [1.54, 1.807) is 12.1 Å². The van der Waals surface area contributed by atoms with E-state index in [2.05, 4.69) is 10.2 Å². The number of nitrogens with zero attached hydrogens (tertiary/aromatic N) is 2. The quantitative estimate of drug-likeness (QED) is 0.660. The number of halogens is 1. The first kappa shape index (κ1) is 20.6. The average Bonchev–Trinajstić information content (AvgIpc) is 2.64. The van der Waals surface area contributed by atoms with E-state index < -0.39 is 10.0 Å². The molecule has 1 heterocycles. The van der Waals surface area contributed by atoms with Crippen molar-refractivity contribution >= 4 is 21.6 Å². The van der Waals surface area contributed by atoms with Crippen LogP contribution in [0.15, 0.2) is 24.3 Å². The number of sulfonamides is 1. The fraction of sp³-hybridized carbons (Fsp3) is 0.611. The highest BCUT2D eigenvalue weighted by Crippen LogP contribution is 2.18. The minimum absolute atomic E-state index is 0.0165. The molecule has 1 amide bonds. The maximum atomic E-state index is 13.0. The molecule has 1 fully saturated rings. The smallest absolute Gasteiger partial charge is 0.219 e. The van der Waals surface area contributed by atoms with Gasteiger partial charge < -0.3 is 10.2 Å². The maximum Gasteiger partial charge on any atom is 0.219 e. The van der Waals surface area contributed by atoms with E-state index in [1.165, 1.54) is 16.4 Å². The molecule has 26 heavy (non-hydrogen) atoms. The van der Waals surface area contributed by atoms with Crippen molar-refractivity contribution in [2.75, 3.05) is 43.4 Å². The molecule has 1 aromatic carbocycles. The summed E-state index contributed by atoms with van der Waals surface area (Å²) in [6.07, 6.45) is 2.72. The molecular weight excluding hydrogens is 357 g/mol. The summed E-state index contributed by atoms with van der Waals surface area (Å²) in [5.74, 6) is -0.258. The molecule has 1 saturated heterocycles. The molecule has 2 rings (SSSR count). The highest BCUT2D eigenvalue weighted by Gasteiger charge is 2.26. The molecule has 1 aliphatic rings. The van der Waals surface area contributed by atoms with Crippen LogP contribution >= 0.6 is 0 Å². The van der Waals surface area contributed by atoms with Crippen molar-refractivity contribution in [3.8, 4) is 0 Å². The molecule has 0 saturated carbocycles. The second-order valence-electron chi connectivity index (χ2n) is 6.49. The molecule has 146 valence electrons. The van der Waals surface area contributed by atoms with E-state index in [0.29, 0.717) is 45.6 Å². The van der Waals surface area contributed by atoms with Gasteiger partial charge in [0, 0.05) is 44.8 Å². The number of unbranched alkanes of at least 4 members (excludes halogenated alkanes) is 1. The number of anilines is 1. The molecule has 1 aliphatic heterocycles. The molecule has 0 aliphatic carbocycles. The van der Waals surface area contributed by atoms with Crippen LogP contribution in [0.4, 0.5) is 10.1 Å². The van der Waals surface area contributed by atoms with Crippen LogP contribution in [0.25, 0.3) is 0 Å². The van der Waals surface area contributed by atoms with Crippen LogP contribution in [0.5, 0.6) is 0 Å². The first-order chi connectivity index (χ1) is 12.4. The van der Waals surface area contributed by atoms with Crippen LogP contribution in [-0.4, -0.2) is 57.1 Å². The first-order valence-electron chi connectivity index (χ1n) is 9.17. The van der Waals surface area contributed by atoms with Gasteiger partial charge in [-0.25, -0.2) is 12.8 Å². The number of hydrogen-bond donors (Lipinski definition) is 1. The topological polar surface area (TPSA) is 69.7 Å². The molecule has 1 aromatic rings. The molecule has 8 heteroatoms. The average molecular weight is 386 g/mol. The van der Waals surface area contributed by atoms with Crippen molar-refractivity contribution in [2.45, 2.75) is 32.6 Å². The largest absolute Gasteiger partial charge is 0.369 e.